The number of rotatable bonds is 13. The van der Waals surface area contributed by atoms with Crippen molar-refractivity contribution in [2.24, 2.45) is 0 Å². The fourth-order valence-corrected chi connectivity index (χ4v) is 2.98. The molecule has 0 aromatic carbocycles. The molecule has 0 saturated heterocycles. The predicted octanol–water partition coefficient (Wildman–Crippen LogP) is 6.25. The Morgan fingerprint density at radius 1 is 1.16 bits per heavy atom. The van der Waals surface area contributed by atoms with E-state index in [-0.39, 0.29) is 6.42 Å². The van der Waals surface area contributed by atoms with E-state index in [4.69, 9.17) is 14.2 Å². The molecule has 0 unspecified atom stereocenters. The lowest BCUT2D eigenvalue weighted by Crippen LogP contribution is -2.24. The molecule has 0 N–H and O–H groups in total. The second-order valence-corrected chi connectivity index (χ2v) is 7.27. The monoisotopic (exact) mass is 428 g/mol. The highest BCUT2D eigenvalue weighted by Crippen LogP contribution is 2.19. The molecular weight excluding hydrogens is 392 g/mol. The van der Waals surface area contributed by atoms with Crippen molar-refractivity contribution < 1.29 is 23.8 Å². The van der Waals surface area contributed by atoms with Crippen LogP contribution in [0, 0.1) is 0 Å². The Morgan fingerprint density at radius 2 is 1.87 bits per heavy atom. The predicted molar refractivity (Wildman–Crippen MR) is 124 cm³/mol. The molecule has 0 aromatic heterocycles. The lowest BCUT2D eigenvalue weighted by molar-refractivity contribution is -0.150. The summed E-state index contributed by atoms with van der Waals surface area (Å²) >= 11 is 0. The highest BCUT2D eigenvalue weighted by molar-refractivity contribution is 5.93. The molecule has 0 radical (unpaired) electrons. The van der Waals surface area contributed by atoms with Crippen LogP contribution in [0.15, 0.2) is 71.8 Å². The smallest absolute Gasteiger partial charge is 0.338 e. The van der Waals surface area contributed by atoms with Gasteiger partial charge in [0.1, 0.15) is 17.6 Å². The molecule has 1 rings (SSSR count). The highest BCUT2D eigenvalue weighted by atomic mass is 16.6. The van der Waals surface area contributed by atoms with Gasteiger partial charge in [-0.15, -0.1) is 0 Å². The third-order valence-corrected chi connectivity index (χ3v) is 4.60. The van der Waals surface area contributed by atoms with Gasteiger partial charge in [-0.3, -0.25) is 4.79 Å². The van der Waals surface area contributed by atoms with E-state index < -0.39 is 18.0 Å². The van der Waals surface area contributed by atoms with Crippen molar-refractivity contribution in [1.82, 2.24) is 0 Å². The summed E-state index contributed by atoms with van der Waals surface area (Å²) in [6.45, 7) is 12.0. The first-order valence-electron chi connectivity index (χ1n) is 11.0. The second kappa shape index (κ2) is 15.1. The van der Waals surface area contributed by atoms with Gasteiger partial charge in [-0.05, 0) is 63.0 Å². The van der Waals surface area contributed by atoms with E-state index in [0.29, 0.717) is 30.8 Å². The van der Waals surface area contributed by atoms with E-state index in [1.165, 1.54) is 0 Å². The van der Waals surface area contributed by atoms with Gasteiger partial charge in [-0.1, -0.05) is 51.5 Å². The minimum absolute atomic E-state index is 0.00472. The van der Waals surface area contributed by atoms with Crippen LogP contribution in [-0.4, -0.2) is 24.6 Å². The molecule has 5 heteroatoms. The maximum atomic E-state index is 12.6. The largest absolute Gasteiger partial charge is 0.494 e. The van der Waals surface area contributed by atoms with Crippen molar-refractivity contribution in [2.45, 2.75) is 72.3 Å². The van der Waals surface area contributed by atoms with E-state index in [1.54, 1.807) is 37.3 Å². The summed E-state index contributed by atoms with van der Waals surface area (Å²) in [5.74, 6) is 0.363. The van der Waals surface area contributed by atoms with Crippen LogP contribution in [0.4, 0.5) is 0 Å². The maximum Gasteiger partial charge on any atom is 0.338 e. The van der Waals surface area contributed by atoms with Crippen molar-refractivity contribution in [2.75, 3.05) is 6.61 Å². The van der Waals surface area contributed by atoms with Crippen molar-refractivity contribution in [3.05, 3.63) is 71.8 Å². The van der Waals surface area contributed by atoms with E-state index in [1.807, 2.05) is 26.0 Å². The Bertz CT molecular complexity index is 765. The third kappa shape index (κ3) is 10.2. The van der Waals surface area contributed by atoms with Gasteiger partial charge >= 0.3 is 11.9 Å². The average Bonchev–Trinajstić information content (AvgIpc) is 2.96. The summed E-state index contributed by atoms with van der Waals surface area (Å²) in [4.78, 5) is 25.2. The van der Waals surface area contributed by atoms with Crippen LogP contribution in [0.2, 0.25) is 0 Å². The molecule has 0 aliphatic heterocycles. The minimum atomic E-state index is -0.539. The van der Waals surface area contributed by atoms with Gasteiger partial charge in [0.15, 0.2) is 0 Å². The Kier molecular flexibility index (Phi) is 12.7. The molecule has 1 atom stereocenters. The zero-order chi connectivity index (χ0) is 23.1. The zero-order valence-electron chi connectivity index (χ0n) is 19.3. The molecule has 1 aliphatic carbocycles. The molecule has 0 amide bonds. The number of unbranched alkanes of at least 4 members (excludes halogenated alkanes) is 1. The van der Waals surface area contributed by atoms with Crippen LogP contribution in [0.3, 0.4) is 0 Å². The number of allylic oxidation sites excluding steroid dienone is 7. The SMILES string of the molecule is C=C/C=C(C)\C(=C/C)C(=O)O[C@H](CCCC)CC(=O)OC1=CCC=C(OCCC)C=C1. The number of carbonyl (C=O) groups is 2. The number of hydrogen-bond donors (Lipinski definition) is 0. The average molecular weight is 429 g/mol. The first kappa shape index (κ1) is 26.2. The Morgan fingerprint density at radius 3 is 2.52 bits per heavy atom. The minimum Gasteiger partial charge on any atom is -0.494 e. The van der Waals surface area contributed by atoms with Crippen LogP contribution >= 0.6 is 0 Å². The summed E-state index contributed by atoms with van der Waals surface area (Å²) in [5.41, 5.74) is 1.23. The summed E-state index contributed by atoms with van der Waals surface area (Å²) in [6, 6.07) is 0. The van der Waals surface area contributed by atoms with Crippen molar-refractivity contribution in [3.8, 4) is 0 Å². The van der Waals surface area contributed by atoms with Crippen molar-refractivity contribution in [3.63, 3.8) is 0 Å². The van der Waals surface area contributed by atoms with Crippen LogP contribution in [0.1, 0.15) is 66.2 Å². The normalized spacial score (nSPS) is 15.4. The fraction of sp³-hybridized carbons (Fsp3) is 0.462. The third-order valence-electron chi connectivity index (χ3n) is 4.60. The van der Waals surface area contributed by atoms with Crippen LogP contribution in [0.25, 0.3) is 0 Å². The molecular formula is C26H36O5. The molecule has 0 saturated carbocycles. The van der Waals surface area contributed by atoms with Crippen LogP contribution in [0.5, 0.6) is 0 Å². The molecule has 0 spiro atoms. The summed E-state index contributed by atoms with van der Waals surface area (Å²) in [6.07, 6.45) is 15.8. The number of ether oxygens (including phenoxy) is 3. The lowest BCUT2D eigenvalue weighted by atomic mass is 10.1. The Balaban J connectivity index is 2.74. The van der Waals surface area contributed by atoms with Crippen LogP contribution in [-0.2, 0) is 23.8 Å². The Hall–Kier alpha value is -2.82. The van der Waals surface area contributed by atoms with E-state index >= 15 is 0 Å². The summed E-state index contributed by atoms with van der Waals surface area (Å²) < 4.78 is 16.8. The molecule has 0 bridgehead atoms. The topological polar surface area (TPSA) is 61.8 Å². The van der Waals surface area contributed by atoms with Gasteiger partial charge < -0.3 is 14.2 Å². The quantitative estimate of drug-likeness (QED) is 0.197. The van der Waals surface area contributed by atoms with Gasteiger partial charge in [0.05, 0.1) is 18.6 Å². The van der Waals surface area contributed by atoms with Gasteiger partial charge in [-0.2, -0.15) is 0 Å². The van der Waals surface area contributed by atoms with E-state index in [0.717, 1.165) is 30.6 Å². The van der Waals surface area contributed by atoms with Crippen molar-refractivity contribution in [1.29, 1.82) is 0 Å². The van der Waals surface area contributed by atoms with Crippen molar-refractivity contribution >= 4 is 11.9 Å². The van der Waals surface area contributed by atoms with Gasteiger partial charge in [0, 0.05) is 0 Å². The molecule has 0 fully saturated rings. The van der Waals surface area contributed by atoms with Gasteiger partial charge in [0.25, 0.3) is 0 Å². The van der Waals surface area contributed by atoms with Gasteiger partial charge in [-0.25, -0.2) is 4.79 Å². The lowest BCUT2D eigenvalue weighted by Gasteiger charge is -2.18. The molecule has 0 aromatic rings. The standard InChI is InChI=1S/C26H36O5/c1-6-10-13-23(31-26(28)24(9-4)20(5)12-7-2)19-25(27)30-22-15-11-14-21(16-17-22)29-18-8-3/h7,9,12,14-17,23H,2,6,8,10-11,13,18-19H2,1,3-5H3/b20-12-,24-9+/t23-/m1/s1. The first-order chi connectivity index (χ1) is 14.9. The molecule has 5 nitrogen and oxygen atoms in total. The highest BCUT2D eigenvalue weighted by Gasteiger charge is 2.22. The molecule has 170 valence electrons. The number of carbonyl (C=O) groups excluding carboxylic acids is 2. The fourth-order valence-electron chi connectivity index (χ4n) is 2.98. The zero-order valence-corrected chi connectivity index (χ0v) is 19.3. The number of hydrogen-bond acceptors (Lipinski definition) is 5. The summed E-state index contributed by atoms with van der Waals surface area (Å²) in [7, 11) is 0. The first-order valence-corrected chi connectivity index (χ1v) is 11.0. The Labute approximate surface area is 186 Å². The summed E-state index contributed by atoms with van der Waals surface area (Å²) in [5, 5.41) is 0. The van der Waals surface area contributed by atoms with E-state index in [9.17, 15) is 9.59 Å². The van der Waals surface area contributed by atoms with E-state index in [2.05, 4.69) is 13.5 Å². The second-order valence-electron chi connectivity index (χ2n) is 7.27. The van der Waals surface area contributed by atoms with Crippen LogP contribution < -0.4 is 0 Å². The molecule has 0 heterocycles. The molecule has 31 heavy (non-hydrogen) atoms. The number of esters is 2. The molecule has 1 aliphatic rings. The van der Waals surface area contributed by atoms with Gasteiger partial charge in [0.2, 0.25) is 0 Å². The maximum absolute atomic E-state index is 12.6.